The van der Waals surface area contributed by atoms with Gasteiger partial charge < -0.3 is 14.2 Å². The summed E-state index contributed by atoms with van der Waals surface area (Å²) in [5.74, 6) is -12.7. The third-order valence-electron chi connectivity index (χ3n) is 5.75. The fourth-order valence-corrected chi connectivity index (χ4v) is 4.15. The predicted octanol–water partition coefficient (Wildman–Crippen LogP) is 7.61. The topological polar surface area (TPSA) is 27.7 Å². The maximum Gasteiger partial charge on any atom is 0.285 e. The van der Waals surface area contributed by atoms with Crippen molar-refractivity contribution in [1.82, 2.24) is 0 Å². The second-order valence-electron chi connectivity index (χ2n) is 8.55. The van der Waals surface area contributed by atoms with Crippen LogP contribution in [0.5, 0.6) is 0 Å². The zero-order valence-electron chi connectivity index (χ0n) is 20.0. The van der Waals surface area contributed by atoms with Gasteiger partial charge in [-0.1, -0.05) is 52.4 Å². The number of unbranched alkanes of at least 4 members (excludes halogenated alkanes) is 5. The zero-order chi connectivity index (χ0) is 24.5. The third-order valence-corrected chi connectivity index (χ3v) is 5.75. The summed E-state index contributed by atoms with van der Waals surface area (Å²) >= 11 is 0. The van der Waals surface area contributed by atoms with Crippen LogP contribution in [0.2, 0.25) is 0 Å². The third kappa shape index (κ3) is 7.12. The minimum absolute atomic E-state index is 0.0434. The maximum absolute atomic E-state index is 14.4. The van der Waals surface area contributed by atoms with Gasteiger partial charge in [0.15, 0.2) is 23.3 Å². The van der Waals surface area contributed by atoms with E-state index in [0.29, 0.717) is 6.42 Å². The molecule has 0 aliphatic carbocycles. The van der Waals surface area contributed by atoms with Crippen molar-refractivity contribution in [3.63, 3.8) is 0 Å². The van der Waals surface area contributed by atoms with Gasteiger partial charge in [0.25, 0.3) is 5.97 Å². The van der Waals surface area contributed by atoms with Crippen LogP contribution >= 0.6 is 0 Å². The molecule has 0 aliphatic rings. The molecule has 2 unspecified atom stereocenters. The van der Waals surface area contributed by atoms with Gasteiger partial charge in [-0.25, -0.2) is 22.0 Å². The van der Waals surface area contributed by atoms with Gasteiger partial charge in [-0.2, -0.15) is 0 Å². The minimum atomic E-state index is -2.16. The Morgan fingerprint density at radius 3 is 1.66 bits per heavy atom. The second-order valence-corrected chi connectivity index (χ2v) is 8.55. The van der Waals surface area contributed by atoms with Crippen LogP contribution in [0, 0.1) is 35.0 Å². The Morgan fingerprint density at radius 2 is 1.19 bits per heavy atom. The van der Waals surface area contributed by atoms with E-state index in [1.165, 1.54) is 21.1 Å². The van der Waals surface area contributed by atoms with Gasteiger partial charge in [0, 0.05) is 25.7 Å². The molecule has 0 heterocycles. The van der Waals surface area contributed by atoms with Crippen molar-refractivity contribution in [2.75, 3.05) is 14.2 Å². The van der Waals surface area contributed by atoms with Crippen molar-refractivity contribution in [3.8, 4) is 0 Å². The summed E-state index contributed by atoms with van der Waals surface area (Å²) < 4.78 is 86.8. The number of rotatable bonds is 15. The van der Waals surface area contributed by atoms with E-state index in [-0.39, 0.29) is 12.5 Å². The van der Waals surface area contributed by atoms with Crippen LogP contribution in [-0.4, -0.2) is 26.3 Å². The first-order chi connectivity index (χ1) is 15.1. The number of hydrogen-bond acceptors (Lipinski definition) is 3. The Labute approximate surface area is 188 Å². The highest BCUT2D eigenvalue weighted by molar-refractivity contribution is 5.27. The van der Waals surface area contributed by atoms with Gasteiger partial charge in [-0.05, 0) is 32.6 Å². The van der Waals surface area contributed by atoms with Crippen LogP contribution in [0.3, 0.4) is 0 Å². The van der Waals surface area contributed by atoms with E-state index in [4.69, 9.17) is 14.2 Å². The molecule has 0 aliphatic heterocycles. The monoisotopic (exact) mass is 468 g/mol. The molecular weight excluding hydrogens is 431 g/mol. The smallest absolute Gasteiger partial charge is 0.285 e. The van der Waals surface area contributed by atoms with Crippen molar-refractivity contribution < 1.29 is 36.2 Å². The minimum Gasteiger partial charge on any atom is -0.331 e. The first-order valence-electron chi connectivity index (χ1n) is 11.4. The zero-order valence-corrected chi connectivity index (χ0v) is 20.0. The number of hydrogen-bond donors (Lipinski definition) is 0. The second kappa shape index (κ2) is 13.5. The van der Waals surface area contributed by atoms with E-state index in [1.807, 2.05) is 0 Å². The number of methoxy groups -OCH3 is 2. The molecule has 0 N–H and O–H groups in total. The lowest BCUT2D eigenvalue weighted by molar-refractivity contribution is -0.400. The molecule has 0 radical (unpaired) electrons. The van der Waals surface area contributed by atoms with Crippen LogP contribution in [0.25, 0.3) is 0 Å². The average Bonchev–Trinajstić information content (AvgIpc) is 2.76. The molecule has 186 valence electrons. The maximum atomic E-state index is 14.4. The standard InChI is InChI=1S/C24H37F5O3/c1-7-8-9-10-11-12-13-17(24(30-5,31-6)32-15(2)3)14-16(4)18-19(25)21(27)23(29)22(28)20(18)26/h15-17H,7-14H2,1-6H3. The average molecular weight is 469 g/mol. The first-order valence-corrected chi connectivity index (χ1v) is 11.4. The number of ether oxygens (including phenoxy) is 3. The molecule has 2 atom stereocenters. The molecule has 0 bridgehead atoms. The van der Waals surface area contributed by atoms with Crippen molar-refractivity contribution in [1.29, 1.82) is 0 Å². The highest BCUT2D eigenvalue weighted by Crippen LogP contribution is 2.39. The van der Waals surface area contributed by atoms with E-state index in [9.17, 15) is 22.0 Å². The van der Waals surface area contributed by atoms with Crippen molar-refractivity contribution >= 4 is 0 Å². The fourth-order valence-electron chi connectivity index (χ4n) is 4.15. The van der Waals surface area contributed by atoms with Gasteiger partial charge in [0.1, 0.15) is 0 Å². The van der Waals surface area contributed by atoms with Crippen LogP contribution in [0.1, 0.15) is 90.5 Å². The molecular formula is C24H37F5O3. The molecule has 8 heteroatoms. The van der Waals surface area contributed by atoms with Gasteiger partial charge in [-0.3, -0.25) is 0 Å². The van der Waals surface area contributed by atoms with Crippen LogP contribution in [0.15, 0.2) is 0 Å². The lowest BCUT2D eigenvalue weighted by atomic mass is 9.84. The molecule has 0 saturated carbocycles. The Balaban J connectivity index is 3.19. The molecule has 1 aromatic carbocycles. The summed E-state index contributed by atoms with van der Waals surface area (Å²) in [7, 11) is 2.81. The molecule has 1 rings (SSSR count). The van der Waals surface area contributed by atoms with Gasteiger partial charge in [-0.15, -0.1) is 0 Å². The molecule has 3 nitrogen and oxygen atoms in total. The van der Waals surface area contributed by atoms with Crippen LogP contribution < -0.4 is 0 Å². The largest absolute Gasteiger partial charge is 0.331 e. The van der Waals surface area contributed by atoms with Crippen molar-refractivity contribution in [2.24, 2.45) is 5.92 Å². The predicted molar refractivity (Wildman–Crippen MR) is 114 cm³/mol. The lowest BCUT2D eigenvalue weighted by Crippen LogP contribution is -2.47. The fraction of sp³-hybridized carbons (Fsp3) is 0.750. The van der Waals surface area contributed by atoms with Gasteiger partial charge in [0.2, 0.25) is 5.82 Å². The Kier molecular flexibility index (Phi) is 12.1. The summed E-state index contributed by atoms with van der Waals surface area (Å²) in [6.45, 7) is 7.15. The molecule has 32 heavy (non-hydrogen) atoms. The van der Waals surface area contributed by atoms with E-state index in [0.717, 1.165) is 38.5 Å². The van der Waals surface area contributed by atoms with E-state index < -0.39 is 52.5 Å². The molecule has 0 amide bonds. The Bertz CT molecular complexity index is 678. The quantitative estimate of drug-likeness (QED) is 0.0871. The molecule has 0 saturated heterocycles. The summed E-state index contributed by atoms with van der Waals surface area (Å²) in [4.78, 5) is 0. The summed E-state index contributed by atoms with van der Waals surface area (Å²) in [5, 5.41) is 0. The van der Waals surface area contributed by atoms with Gasteiger partial charge >= 0.3 is 0 Å². The molecule has 1 aromatic rings. The number of halogens is 5. The molecule has 0 aromatic heterocycles. The summed E-state index contributed by atoms with van der Waals surface area (Å²) in [6, 6.07) is 0. The highest BCUT2D eigenvalue weighted by Gasteiger charge is 2.43. The van der Waals surface area contributed by atoms with Crippen molar-refractivity contribution in [3.05, 3.63) is 34.6 Å². The Morgan fingerprint density at radius 1 is 0.719 bits per heavy atom. The number of benzene rings is 1. The van der Waals surface area contributed by atoms with E-state index in [1.54, 1.807) is 13.8 Å². The molecule has 0 spiro atoms. The van der Waals surface area contributed by atoms with Crippen LogP contribution in [-0.2, 0) is 14.2 Å². The SMILES string of the molecule is CCCCCCCCC(CC(C)c1c(F)c(F)c(F)c(F)c1F)C(OC)(OC)OC(C)C. The summed E-state index contributed by atoms with van der Waals surface area (Å²) in [5.41, 5.74) is -0.833. The van der Waals surface area contributed by atoms with Gasteiger partial charge in [0.05, 0.1) is 6.10 Å². The normalized spacial score (nSPS) is 14.2. The Hall–Kier alpha value is -1.25. The summed E-state index contributed by atoms with van der Waals surface area (Å²) in [6.07, 6.45) is 6.47. The van der Waals surface area contributed by atoms with E-state index >= 15 is 0 Å². The highest BCUT2D eigenvalue weighted by atomic mass is 19.2. The lowest BCUT2D eigenvalue weighted by Gasteiger charge is -2.40. The molecule has 0 fully saturated rings. The van der Waals surface area contributed by atoms with Crippen LogP contribution in [0.4, 0.5) is 22.0 Å². The van der Waals surface area contributed by atoms with Crippen molar-refractivity contribution in [2.45, 2.75) is 97.1 Å². The first kappa shape index (κ1) is 28.8. The van der Waals surface area contributed by atoms with E-state index in [2.05, 4.69) is 6.92 Å².